The zero-order valence-corrected chi connectivity index (χ0v) is 20.6. The van der Waals surface area contributed by atoms with Crippen LogP contribution in [0.5, 0.6) is 17.2 Å². The Labute approximate surface area is 207 Å². The molecule has 2 unspecified atom stereocenters. The first-order chi connectivity index (χ1) is 17.0. The second kappa shape index (κ2) is 11.3. The molecule has 3 aromatic rings. The predicted molar refractivity (Wildman–Crippen MR) is 135 cm³/mol. The van der Waals surface area contributed by atoms with Gasteiger partial charge in [0.1, 0.15) is 12.6 Å². The van der Waals surface area contributed by atoms with E-state index in [1.807, 2.05) is 54.6 Å². The monoisotopic (exact) mass is 475 g/mol. The number of hydrogen-bond acceptors (Lipinski definition) is 5. The lowest BCUT2D eigenvalue weighted by Gasteiger charge is -2.40. The summed E-state index contributed by atoms with van der Waals surface area (Å²) in [4.78, 5) is 14.3. The van der Waals surface area contributed by atoms with Crippen molar-refractivity contribution in [2.24, 2.45) is 0 Å². The van der Waals surface area contributed by atoms with Gasteiger partial charge in [-0.15, -0.1) is 0 Å². The summed E-state index contributed by atoms with van der Waals surface area (Å²) >= 11 is 0. The van der Waals surface area contributed by atoms with Crippen LogP contribution < -0.4 is 14.2 Å². The summed E-state index contributed by atoms with van der Waals surface area (Å²) in [6, 6.07) is 21.2. The Morgan fingerprint density at radius 3 is 2.29 bits per heavy atom. The summed E-state index contributed by atoms with van der Waals surface area (Å²) in [5.41, 5.74) is 4.13. The van der Waals surface area contributed by atoms with Crippen LogP contribution in [-0.2, 0) is 11.4 Å². The summed E-state index contributed by atoms with van der Waals surface area (Å²) in [7, 11) is 3.22. The maximum atomic E-state index is 12.2. The van der Waals surface area contributed by atoms with Gasteiger partial charge in [0.25, 0.3) is 0 Å². The number of piperidine rings is 1. The van der Waals surface area contributed by atoms with E-state index in [4.69, 9.17) is 14.2 Å². The van der Waals surface area contributed by atoms with Gasteiger partial charge in [-0.05, 0) is 60.7 Å². The topological polar surface area (TPSA) is 68.2 Å². The number of rotatable bonds is 9. The van der Waals surface area contributed by atoms with E-state index >= 15 is 0 Å². The molecule has 1 heterocycles. The van der Waals surface area contributed by atoms with Crippen LogP contribution in [0, 0.1) is 6.92 Å². The highest BCUT2D eigenvalue weighted by molar-refractivity contribution is 5.74. The Kier molecular flexibility index (Phi) is 7.93. The maximum Gasteiger partial charge on any atom is 0.320 e. The van der Waals surface area contributed by atoms with Crippen molar-refractivity contribution < 1.29 is 24.1 Å². The highest BCUT2D eigenvalue weighted by atomic mass is 16.5. The molecule has 1 aliphatic rings. The Hall–Kier alpha value is -3.51. The number of benzene rings is 3. The first kappa shape index (κ1) is 24.6. The van der Waals surface area contributed by atoms with E-state index in [0.29, 0.717) is 36.8 Å². The quantitative estimate of drug-likeness (QED) is 0.433. The Morgan fingerprint density at radius 1 is 1.00 bits per heavy atom. The van der Waals surface area contributed by atoms with Gasteiger partial charge in [0.2, 0.25) is 5.75 Å². The molecule has 0 bridgehead atoms. The van der Waals surface area contributed by atoms with Crippen LogP contribution in [0.3, 0.4) is 0 Å². The summed E-state index contributed by atoms with van der Waals surface area (Å²) in [6.07, 6.45) is 2.50. The molecule has 0 aromatic heterocycles. The number of carboxylic acids is 1. The van der Waals surface area contributed by atoms with Crippen molar-refractivity contribution in [3.05, 3.63) is 89.0 Å². The highest BCUT2D eigenvalue weighted by Crippen LogP contribution is 2.44. The zero-order valence-electron chi connectivity index (χ0n) is 20.6. The largest absolute Gasteiger partial charge is 0.493 e. The standard InChI is InChI=1S/C29H33NO5/c1-20-11-7-8-14-23(20)27(30-16-10-9-15-24(30)29(31)32)22-17-25(33-2)28(26(18-22)34-3)35-19-21-12-5-4-6-13-21/h4-8,11-14,17-18,24,27H,9-10,15-16,19H2,1-3H3,(H,31,32). The van der Waals surface area contributed by atoms with Crippen LogP contribution in [0.15, 0.2) is 66.7 Å². The van der Waals surface area contributed by atoms with Crippen molar-refractivity contribution >= 4 is 5.97 Å². The number of likely N-dealkylation sites (tertiary alicyclic amines) is 1. The van der Waals surface area contributed by atoms with E-state index in [2.05, 4.69) is 24.0 Å². The van der Waals surface area contributed by atoms with Crippen LogP contribution in [0.25, 0.3) is 0 Å². The number of hydrogen-bond donors (Lipinski definition) is 1. The number of carboxylic acid groups (broad SMARTS) is 1. The number of ether oxygens (including phenoxy) is 3. The van der Waals surface area contributed by atoms with Crippen molar-refractivity contribution in [2.45, 2.75) is 44.9 Å². The van der Waals surface area contributed by atoms with Gasteiger partial charge in [-0.2, -0.15) is 0 Å². The molecule has 1 saturated heterocycles. The van der Waals surface area contributed by atoms with Crippen molar-refractivity contribution in [1.82, 2.24) is 4.90 Å². The third-order valence-electron chi connectivity index (χ3n) is 6.67. The zero-order chi connectivity index (χ0) is 24.8. The molecule has 0 aliphatic carbocycles. The van der Waals surface area contributed by atoms with Crippen molar-refractivity contribution in [3.63, 3.8) is 0 Å². The van der Waals surface area contributed by atoms with Crippen LogP contribution in [0.2, 0.25) is 0 Å². The lowest BCUT2D eigenvalue weighted by atomic mass is 9.89. The summed E-state index contributed by atoms with van der Waals surface area (Å²) in [5, 5.41) is 10.0. The Bertz CT molecular complexity index is 1120. The van der Waals surface area contributed by atoms with Gasteiger partial charge >= 0.3 is 5.97 Å². The predicted octanol–water partition coefficient (Wildman–Crippen LogP) is 5.62. The summed E-state index contributed by atoms with van der Waals surface area (Å²) in [6.45, 7) is 3.14. The van der Waals surface area contributed by atoms with Gasteiger partial charge in [0.15, 0.2) is 11.5 Å². The van der Waals surface area contributed by atoms with Gasteiger partial charge in [-0.3, -0.25) is 9.69 Å². The lowest BCUT2D eigenvalue weighted by Crippen LogP contribution is -2.47. The number of nitrogens with zero attached hydrogens (tertiary/aromatic N) is 1. The van der Waals surface area contributed by atoms with E-state index in [9.17, 15) is 9.90 Å². The Morgan fingerprint density at radius 2 is 1.66 bits per heavy atom. The number of aryl methyl sites for hydroxylation is 1. The van der Waals surface area contributed by atoms with Crippen molar-refractivity contribution in [1.29, 1.82) is 0 Å². The van der Waals surface area contributed by atoms with Gasteiger partial charge in [0.05, 0.1) is 20.3 Å². The molecular weight excluding hydrogens is 442 g/mol. The molecule has 184 valence electrons. The summed E-state index contributed by atoms with van der Waals surface area (Å²) in [5.74, 6) is 0.847. The minimum absolute atomic E-state index is 0.261. The van der Waals surface area contributed by atoms with Crippen molar-refractivity contribution in [3.8, 4) is 17.2 Å². The molecule has 35 heavy (non-hydrogen) atoms. The number of methoxy groups -OCH3 is 2. The normalized spacial score (nSPS) is 16.9. The fourth-order valence-electron chi connectivity index (χ4n) is 4.90. The Balaban J connectivity index is 1.79. The smallest absolute Gasteiger partial charge is 0.320 e. The second-order valence-corrected chi connectivity index (χ2v) is 8.88. The van der Waals surface area contributed by atoms with Gasteiger partial charge in [0, 0.05) is 0 Å². The molecule has 6 nitrogen and oxygen atoms in total. The average Bonchev–Trinajstić information content (AvgIpc) is 2.89. The molecule has 0 radical (unpaired) electrons. The molecule has 0 saturated carbocycles. The molecule has 1 fully saturated rings. The van der Waals surface area contributed by atoms with Crippen LogP contribution in [0.4, 0.5) is 0 Å². The number of aliphatic carboxylic acids is 1. The van der Waals surface area contributed by atoms with E-state index in [1.165, 1.54) is 0 Å². The molecule has 3 aromatic carbocycles. The molecule has 0 amide bonds. The second-order valence-electron chi connectivity index (χ2n) is 8.88. The highest BCUT2D eigenvalue weighted by Gasteiger charge is 2.36. The van der Waals surface area contributed by atoms with Crippen LogP contribution >= 0.6 is 0 Å². The molecule has 2 atom stereocenters. The third-order valence-corrected chi connectivity index (χ3v) is 6.67. The fraction of sp³-hybridized carbons (Fsp3) is 0.345. The van der Waals surface area contributed by atoms with E-state index in [-0.39, 0.29) is 6.04 Å². The molecule has 1 aliphatic heterocycles. The molecule has 0 spiro atoms. The molecule has 6 heteroatoms. The van der Waals surface area contributed by atoms with Gasteiger partial charge in [-0.1, -0.05) is 61.0 Å². The van der Waals surface area contributed by atoms with Crippen LogP contribution in [-0.4, -0.2) is 42.8 Å². The minimum atomic E-state index is -0.787. The molecular formula is C29H33NO5. The van der Waals surface area contributed by atoms with E-state index < -0.39 is 12.0 Å². The molecule has 1 N–H and O–H groups in total. The summed E-state index contributed by atoms with van der Waals surface area (Å²) < 4.78 is 17.7. The first-order valence-electron chi connectivity index (χ1n) is 12.0. The van der Waals surface area contributed by atoms with Gasteiger partial charge < -0.3 is 19.3 Å². The van der Waals surface area contributed by atoms with Crippen LogP contribution in [0.1, 0.15) is 47.6 Å². The molecule has 4 rings (SSSR count). The maximum absolute atomic E-state index is 12.2. The van der Waals surface area contributed by atoms with Gasteiger partial charge in [-0.25, -0.2) is 0 Å². The number of carbonyl (C=O) groups is 1. The van der Waals surface area contributed by atoms with E-state index in [1.54, 1.807) is 14.2 Å². The first-order valence-corrected chi connectivity index (χ1v) is 12.0. The lowest BCUT2D eigenvalue weighted by molar-refractivity contribution is -0.145. The van der Waals surface area contributed by atoms with Crippen molar-refractivity contribution in [2.75, 3.05) is 20.8 Å². The minimum Gasteiger partial charge on any atom is -0.493 e. The van der Waals surface area contributed by atoms with E-state index in [0.717, 1.165) is 35.1 Å². The average molecular weight is 476 g/mol. The SMILES string of the molecule is COc1cc(C(c2ccccc2C)N2CCCCC2C(=O)O)cc(OC)c1OCc1ccccc1. The fourth-order valence-corrected chi connectivity index (χ4v) is 4.90. The third kappa shape index (κ3) is 5.43.